The zero-order valence-electron chi connectivity index (χ0n) is 11.8. The summed E-state index contributed by atoms with van der Waals surface area (Å²) in [4.78, 5) is 8.33. The van der Waals surface area contributed by atoms with Crippen LogP contribution in [0.25, 0.3) is 27.7 Å². The quantitative estimate of drug-likeness (QED) is 0.611. The molecule has 4 heteroatoms. The van der Waals surface area contributed by atoms with Gasteiger partial charge < -0.3 is 10.3 Å². The van der Waals surface area contributed by atoms with Crippen molar-refractivity contribution in [1.29, 1.82) is 0 Å². The number of hydrogen-bond donors (Lipinski definition) is 1. The number of nitrogen functional groups attached to an aromatic ring is 1. The Morgan fingerprint density at radius 2 is 1.82 bits per heavy atom. The van der Waals surface area contributed by atoms with E-state index in [1.54, 1.807) is 6.20 Å². The van der Waals surface area contributed by atoms with Crippen LogP contribution in [-0.4, -0.2) is 14.5 Å². The number of fused-ring (bicyclic) bond motifs is 1. The molecule has 0 amide bonds. The Morgan fingerprint density at radius 1 is 0.955 bits per heavy atom. The van der Waals surface area contributed by atoms with Crippen molar-refractivity contribution in [2.45, 2.75) is 0 Å². The second-order valence-corrected chi connectivity index (χ2v) is 5.11. The fourth-order valence-electron chi connectivity index (χ4n) is 2.72. The number of hydrogen-bond acceptors (Lipinski definition) is 3. The Hall–Kier alpha value is -3.14. The first-order chi connectivity index (χ1) is 10.8. The zero-order chi connectivity index (χ0) is 14.9. The summed E-state index contributed by atoms with van der Waals surface area (Å²) >= 11 is 0. The number of pyridine rings is 2. The van der Waals surface area contributed by atoms with Crippen LogP contribution in [0.4, 0.5) is 5.82 Å². The van der Waals surface area contributed by atoms with Crippen LogP contribution in [0.1, 0.15) is 0 Å². The third-order valence-electron chi connectivity index (χ3n) is 3.73. The Labute approximate surface area is 127 Å². The van der Waals surface area contributed by atoms with E-state index in [9.17, 15) is 0 Å². The third-order valence-corrected chi connectivity index (χ3v) is 3.73. The van der Waals surface area contributed by atoms with Gasteiger partial charge in [-0.25, -0.2) is 4.98 Å². The highest BCUT2D eigenvalue weighted by Crippen LogP contribution is 2.32. The van der Waals surface area contributed by atoms with Gasteiger partial charge in [0.05, 0.1) is 11.7 Å². The van der Waals surface area contributed by atoms with Gasteiger partial charge in [0.1, 0.15) is 5.82 Å². The summed E-state index contributed by atoms with van der Waals surface area (Å²) < 4.78 is 2.15. The first kappa shape index (κ1) is 12.6. The van der Waals surface area contributed by atoms with Crippen molar-refractivity contribution in [3.63, 3.8) is 0 Å². The van der Waals surface area contributed by atoms with E-state index in [4.69, 9.17) is 5.73 Å². The average molecular weight is 286 g/mol. The molecule has 4 aromatic rings. The summed E-state index contributed by atoms with van der Waals surface area (Å²) in [5.41, 5.74) is 10.2. The van der Waals surface area contributed by atoms with E-state index in [2.05, 4.69) is 32.9 Å². The molecular weight excluding hydrogens is 272 g/mol. The molecule has 0 radical (unpaired) electrons. The van der Waals surface area contributed by atoms with Gasteiger partial charge in [-0.05, 0) is 35.9 Å². The van der Waals surface area contributed by atoms with Crippen LogP contribution in [0, 0.1) is 0 Å². The van der Waals surface area contributed by atoms with E-state index in [1.165, 1.54) is 0 Å². The standard InChI is InChI=1S/C18H14N4/c19-18-10-13(6-9-21-18)16-12-22(14-4-2-1-3-5-14)17-11-20-8-7-15(16)17/h1-12H,(H2,19,21). The van der Waals surface area contributed by atoms with Crippen LogP contribution < -0.4 is 5.73 Å². The summed E-state index contributed by atoms with van der Waals surface area (Å²) in [5.74, 6) is 0.521. The van der Waals surface area contributed by atoms with Crippen molar-refractivity contribution in [2.24, 2.45) is 0 Å². The van der Waals surface area contributed by atoms with Gasteiger partial charge in [0.15, 0.2) is 0 Å². The SMILES string of the molecule is Nc1cc(-c2cn(-c3ccccc3)c3cnccc23)ccn1. The van der Waals surface area contributed by atoms with E-state index in [-0.39, 0.29) is 0 Å². The first-order valence-corrected chi connectivity index (χ1v) is 7.05. The molecular formula is C18H14N4. The van der Waals surface area contributed by atoms with Crippen LogP contribution in [0.2, 0.25) is 0 Å². The molecule has 3 aromatic heterocycles. The van der Waals surface area contributed by atoms with Gasteiger partial charge in [-0.15, -0.1) is 0 Å². The second-order valence-electron chi connectivity index (χ2n) is 5.11. The van der Waals surface area contributed by atoms with Crippen LogP contribution >= 0.6 is 0 Å². The first-order valence-electron chi connectivity index (χ1n) is 7.05. The molecule has 3 heterocycles. The molecule has 106 valence electrons. The molecule has 0 fully saturated rings. The van der Waals surface area contributed by atoms with Crippen molar-refractivity contribution >= 4 is 16.7 Å². The fourth-order valence-corrected chi connectivity index (χ4v) is 2.72. The van der Waals surface area contributed by atoms with Gasteiger partial charge >= 0.3 is 0 Å². The van der Waals surface area contributed by atoms with E-state index in [0.717, 1.165) is 27.7 Å². The Bertz CT molecular complexity index is 942. The molecule has 0 spiro atoms. The lowest BCUT2D eigenvalue weighted by Gasteiger charge is -2.03. The summed E-state index contributed by atoms with van der Waals surface area (Å²) in [6, 6.07) is 16.1. The summed E-state index contributed by atoms with van der Waals surface area (Å²) in [6.07, 6.45) is 7.55. The molecule has 1 aromatic carbocycles. The summed E-state index contributed by atoms with van der Waals surface area (Å²) in [6.45, 7) is 0. The Balaban J connectivity index is 2.01. The van der Waals surface area contributed by atoms with Crippen molar-refractivity contribution in [2.75, 3.05) is 5.73 Å². The predicted octanol–water partition coefficient (Wildman–Crippen LogP) is 3.67. The van der Waals surface area contributed by atoms with Crippen LogP contribution in [0.3, 0.4) is 0 Å². The minimum absolute atomic E-state index is 0.521. The molecule has 0 aliphatic rings. The Morgan fingerprint density at radius 3 is 2.64 bits per heavy atom. The second kappa shape index (κ2) is 5.00. The van der Waals surface area contributed by atoms with Crippen molar-refractivity contribution < 1.29 is 0 Å². The molecule has 4 rings (SSSR count). The highest BCUT2D eigenvalue weighted by Gasteiger charge is 2.11. The van der Waals surface area contributed by atoms with Gasteiger partial charge in [0, 0.05) is 35.2 Å². The minimum Gasteiger partial charge on any atom is -0.384 e. The van der Waals surface area contributed by atoms with Crippen molar-refractivity contribution in [3.05, 3.63) is 73.3 Å². The lowest BCUT2D eigenvalue weighted by molar-refractivity contribution is 1.12. The molecule has 22 heavy (non-hydrogen) atoms. The lowest BCUT2D eigenvalue weighted by atomic mass is 10.1. The third kappa shape index (κ3) is 2.02. The average Bonchev–Trinajstić information content (AvgIpc) is 2.95. The van der Waals surface area contributed by atoms with E-state index in [0.29, 0.717) is 5.82 Å². The number of para-hydroxylation sites is 1. The fraction of sp³-hybridized carbons (Fsp3) is 0. The van der Waals surface area contributed by atoms with Crippen LogP contribution in [0.15, 0.2) is 73.3 Å². The molecule has 0 saturated heterocycles. The molecule has 0 atom stereocenters. The van der Waals surface area contributed by atoms with Gasteiger partial charge in [0.25, 0.3) is 0 Å². The van der Waals surface area contributed by atoms with Gasteiger partial charge in [-0.1, -0.05) is 18.2 Å². The summed E-state index contributed by atoms with van der Waals surface area (Å²) in [5, 5.41) is 1.14. The highest BCUT2D eigenvalue weighted by atomic mass is 15.0. The van der Waals surface area contributed by atoms with E-state index < -0.39 is 0 Å². The number of rotatable bonds is 2. The maximum atomic E-state index is 5.83. The molecule has 0 unspecified atom stereocenters. The predicted molar refractivity (Wildman–Crippen MR) is 88.7 cm³/mol. The van der Waals surface area contributed by atoms with E-state index in [1.807, 2.05) is 48.8 Å². The zero-order valence-corrected chi connectivity index (χ0v) is 11.8. The van der Waals surface area contributed by atoms with E-state index >= 15 is 0 Å². The van der Waals surface area contributed by atoms with Crippen LogP contribution in [0.5, 0.6) is 0 Å². The molecule has 4 nitrogen and oxygen atoms in total. The Kier molecular flexibility index (Phi) is 2.86. The number of nitrogens with zero attached hydrogens (tertiary/aromatic N) is 3. The van der Waals surface area contributed by atoms with Crippen LogP contribution in [-0.2, 0) is 0 Å². The van der Waals surface area contributed by atoms with Gasteiger partial charge in [-0.2, -0.15) is 0 Å². The number of nitrogens with two attached hydrogens (primary N) is 1. The molecule has 0 aliphatic carbocycles. The number of aromatic nitrogens is 3. The van der Waals surface area contributed by atoms with Crippen molar-refractivity contribution in [3.8, 4) is 16.8 Å². The summed E-state index contributed by atoms with van der Waals surface area (Å²) in [7, 11) is 0. The normalized spacial score (nSPS) is 10.9. The molecule has 0 bridgehead atoms. The van der Waals surface area contributed by atoms with Gasteiger partial charge in [-0.3, -0.25) is 4.98 Å². The smallest absolute Gasteiger partial charge is 0.123 e. The highest BCUT2D eigenvalue weighted by molar-refractivity contribution is 5.96. The van der Waals surface area contributed by atoms with Crippen molar-refractivity contribution in [1.82, 2.24) is 14.5 Å². The molecule has 0 saturated carbocycles. The minimum atomic E-state index is 0.521. The largest absolute Gasteiger partial charge is 0.384 e. The molecule has 0 aliphatic heterocycles. The maximum Gasteiger partial charge on any atom is 0.123 e. The lowest BCUT2D eigenvalue weighted by Crippen LogP contribution is -1.91. The maximum absolute atomic E-state index is 5.83. The topological polar surface area (TPSA) is 56.7 Å². The number of benzene rings is 1. The monoisotopic (exact) mass is 286 g/mol. The number of anilines is 1. The van der Waals surface area contributed by atoms with Gasteiger partial charge in [0.2, 0.25) is 0 Å². The molecule has 2 N–H and O–H groups in total.